The van der Waals surface area contributed by atoms with Gasteiger partial charge in [0.2, 0.25) is 5.91 Å². The summed E-state index contributed by atoms with van der Waals surface area (Å²) in [5.41, 5.74) is 1.18. The van der Waals surface area contributed by atoms with Crippen molar-refractivity contribution in [2.24, 2.45) is 5.92 Å². The van der Waals surface area contributed by atoms with Crippen LogP contribution in [0.4, 0.5) is 13.2 Å². The van der Waals surface area contributed by atoms with Crippen LogP contribution in [0.1, 0.15) is 18.9 Å². The lowest BCUT2D eigenvalue weighted by Gasteiger charge is -2.28. The van der Waals surface area contributed by atoms with E-state index >= 15 is 0 Å². The van der Waals surface area contributed by atoms with E-state index in [0.717, 1.165) is 24.4 Å². The van der Waals surface area contributed by atoms with Gasteiger partial charge in [0.15, 0.2) is 0 Å². The lowest BCUT2D eigenvalue weighted by atomic mass is 10.1. The van der Waals surface area contributed by atoms with Crippen molar-refractivity contribution in [3.8, 4) is 0 Å². The van der Waals surface area contributed by atoms with E-state index in [0.29, 0.717) is 6.54 Å². The monoisotopic (exact) mass is 362 g/mol. The normalized spacial score (nSPS) is 20.1. The Kier molecular flexibility index (Phi) is 6.52. The molecule has 0 saturated carbocycles. The molecule has 0 spiro atoms. The van der Waals surface area contributed by atoms with Gasteiger partial charge in [0.1, 0.15) is 11.9 Å². The van der Waals surface area contributed by atoms with Gasteiger partial charge in [0.25, 0.3) is 0 Å². The van der Waals surface area contributed by atoms with Gasteiger partial charge in [-0.3, -0.25) is 9.69 Å². The van der Waals surface area contributed by atoms with E-state index in [1.54, 1.807) is 0 Å². The van der Waals surface area contributed by atoms with E-state index in [9.17, 15) is 18.0 Å². The Labute approximate surface area is 145 Å². The maximum Gasteiger partial charge on any atom is 0.406 e. The van der Waals surface area contributed by atoms with Crippen LogP contribution in [0.15, 0.2) is 30.3 Å². The molecule has 1 aliphatic heterocycles. The number of likely N-dealkylation sites (tertiary alicyclic amines) is 1. The number of carbonyl (C=O) groups is 1. The third-order valence-corrected chi connectivity index (χ3v) is 4.31. The SMILES string of the molecule is CC(Cl)C(=O)N(CC1CCN(Cc2ccccc2)C1)CC(F)(F)F. The molecule has 24 heavy (non-hydrogen) atoms. The van der Waals surface area contributed by atoms with Gasteiger partial charge in [-0.15, -0.1) is 11.6 Å². The van der Waals surface area contributed by atoms with Crippen molar-refractivity contribution >= 4 is 17.5 Å². The van der Waals surface area contributed by atoms with Crippen molar-refractivity contribution in [1.29, 1.82) is 0 Å². The van der Waals surface area contributed by atoms with Crippen molar-refractivity contribution in [1.82, 2.24) is 9.80 Å². The quantitative estimate of drug-likeness (QED) is 0.723. The molecule has 1 aromatic rings. The molecule has 1 saturated heterocycles. The second-order valence-corrected chi connectivity index (χ2v) is 6.98. The molecule has 1 aromatic carbocycles. The molecule has 3 nitrogen and oxygen atoms in total. The average Bonchev–Trinajstić information content (AvgIpc) is 2.92. The summed E-state index contributed by atoms with van der Waals surface area (Å²) < 4.78 is 38.2. The van der Waals surface area contributed by atoms with Gasteiger partial charge in [0.05, 0.1) is 0 Å². The molecule has 0 radical (unpaired) electrons. The van der Waals surface area contributed by atoms with Crippen molar-refractivity contribution in [3.05, 3.63) is 35.9 Å². The van der Waals surface area contributed by atoms with Gasteiger partial charge in [0, 0.05) is 19.6 Å². The minimum absolute atomic E-state index is 0.0374. The van der Waals surface area contributed by atoms with E-state index in [1.807, 2.05) is 30.3 Å². The predicted molar refractivity (Wildman–Crippen MR) is 87.8 cm³/mol. The first-order valence-electron chi connectivity index (χ1n) is 8.00. The molecular weight excluding hydrogens is 341 g/mol. The van der Waals surface area contributed by atoms with E-state index in [2.05, 4.69) is 4.90 Å². The molecular formula is C17H22ClF3N2O. The van der Waals surface area contributed by atoms with Gasteiger partial charge in [-0.25, -0.2) is 0 Å². The lowest BCUT2D eigenvalue weighted by molar-refractivity contribution is -0.161. The Bertz CT molecular complexity index is 536. The fourth-order valence-corrected chi connectivity index (χ4v) is 3.20. The molecule has 1 amide bonds. The zero-order valence-electron chi connectivity index (χ0n) is 13.6. The van der Waals surface area contributed by atoms with Crippen LogP contribution in [0.2, 0.25) is 0 Å². The number of alkyl halides is 4. The number of nitrogens with zero attached hydrogens (tertiary/aromatic N) is 2. The average molecular weight is 363 g/mol. The highest BCUT2D eigenvalue weighted by atomic mass is 35.5. The standard InChI is InChI=1S/C17H22ClF3N2O/c1-13(18)16(24)23(12-17(19,20)21)11-15-7-8-22(10-15)9-14-5-3-2-4-6-14/h2-6,13,15H,7-12H2,1H3. The number of halogens is 4. The third kappa shape index (κ3) is 5.98. The fraction of sp³-hybridized carbons (Fsp3) is 0.588. The maximum absolute atomic E-state index is 12.7. The first-order chi connectivity index (χ1) is 11.2. The predicted octanol–water partition coefficient (Wildman–Crippen LogP) is 3.53. The van der Waals surface area contributed by atoms with Crippen LogP contribution < -0.4 is 0 Å². The highest BCUT2D eigenvalue weighted by Gasteiger charge is 2.36. The Morgan fingerprint density at radius 2 is 2.04 bits per heavy atom. The summed E-state index contributed by atoms with van der Waals surface area (Å²) in [5.74, 6) is -0.620. The van der Waals surface area contributed by atoms with Crippen molar-refractivity contribution in [3.63, 3.8) is 0 Å². The first-order valence-corrected chi connectivity index (χ1v) is 8.44. The Morgan fingerprint density at radius 3 is 2.62 bits per heavy atom. The number of hydrogen-bond acceptors (Lipinski definition) is 2. The van der Waals surface area contributed by atoms with Crippen molar-refractivity contribution < 1.29 is 18.0 Å². The zero-order chi connectivity index (χ0) is 17.7. The molecule has 1 aliphatic rings. The van der Waals surface area contributed by atoms with Crippen LogP contribution in [0, 0.1) is 5.92 Å². The molecule has 2 rings (SSSR count). The molecule has 134 valence electrons. The van der Waals surface area contributed by atoms with E-state index in [4.69, 9.17) is 11.6 Å². The van der Waals surface area contributed by atoms with Gasteiger partial charge >= 0.3 is 6.18 Å². The third-order valence-electron chi connectivity index (χ3n) is 4.12. The summed E-state index contributed by atoms with van der Waals surface area (Å²) in [7, 11) is 0. The maximum atomic E-state index is 12.7. The van der Waals surface area contributed by atoms with E-state index in [1.165, 1.54) is 12.5 Å². The largest absolute Gasteiger partial charge is 0.406 e. The molecule has 0 aromatic heterocycles. The van der Waals surface area contributed by atoms with Gasteiger partial charge < -0.3 is 4.90 Å². The number of amides is 1. The van der Waals surface area contributed by atoms with E-state index in [-0.39, 0.29) is 12.5 Å². The fourth-order valence-electron chi connectivity index (χ4n) is 3.06. The Balaban J connectivity index is 1.91. The summed E-state index contributed by atoms with van der Waals surface area (Å²) in [5, 5.41) is -0.950. The van der Waals surface area contributed by atoms with Crippen LogP contribution >= 0.6 is 11.6 Å². The summed E-state index contributed by atoms with van der Waals surface area (Å²) in [4.78, 5) is 15.0. The first kappa shape index (κ1) is 19.1. The summed E-state index contributed by atoms with van der Waals surface area (Å²) in [6, 6.07) is 9.94. The van der Waals surface area contributed by atoms with Crippen LogP contribution in [0.5, 0.6) is 0 Å². The Hall–Kier alpha value is -1.27. The van der Waals surface area contributed by atoms with Crippen LogP contribution in [0.25, 0.3) is 0 Å². The minimum atomic E-state index is -4.41. The van der Waals surface area contributed by atoms with Gasteiger partial charge in [-0.05, 0) is 31.4 Å². The lowest BCUT2D eigenvalue weighted by Crippen LogP contribution is -2.44. The van der Waals surface area contributed by atoms with Crippen LogP contribution in [-0.4, -0.2) is 53.4 Å². The number of rotatable bonds is 6. The highest BCUT2D eigenvalue weighted by Crippen LogP contribution is 2.23. The number of benzene rings is 1. The number of carbonyl (C=O) groups excluding carboxylic acids is 1. The highest BCUT2D eigenvalue weighted by molar-refractivity contribution is 6.30. The summed E-state index contributed by atoms with van der Waals surface area (Å²) >= 11 is 5.70. The molecule has 0 N–H and O–H groups in total. The number of hydrogen-bond donors (Lipinski definition) is 0. The summed E-state index contributed by atoms with van der Waals surface area (Å²) in [6.07, 6.45) is -3.63. The smallest absolute Gasteiger partial charge is 0.332 e. The molecule has 1 fully saturated rings. The van der Waals surface area contributed by atoms with Crippen LogP contribution in [0.3, 0.4) is 0 Å². The molecule has 0 aliphatic carbocycles. The van der Waals surface area contributed by atoms with Crippen LogP contribution in [-0.2, 0) is 11.3 Å². The van der Waals surface area contributed by atoms with Crippen molar-refractivity contribution in [2.45, 2.75) is 31.4 Å². The van der Waals surface area contributed by atoms with E-state index < -0.39 is 24.0 Å². The minimum Gasteiger partial charge on any atom is -0.332 e. The second kappa shape index (κ2) is 8.21. The molecule has 7 heteroatoms. The molecule has 0 bridgehead atoms. The van der Waals surface area contributed by atoms with Gasteiger partial charge in [-0.2, -0.15) is 13.2 Å². The van der Waals surface area contributed by atoms with Gasteiger partial charge in [-0.1, -0.05) is 30.3 Å². The second-order valence-electron chi connectivity index (χ2n) is 6.33. The molecule has 1 heterocycles. The summed E-state index contributed by atoms with van der Waals surface area (Å²) in [6.45, 7) is 2.55. The topological polar surface area (TPSA) is 23.6 Å². The Morgan fingerprint density at radius 1 is 1.38 bits per heavy atom. The molecule has 2 unspecified atom stereocenters. The zero-order valence-corrected chi connectivity index (χ0v) is 14.4. The van der Waals surface area contributed by atoms with Crippen molar-refractivity contribution in [2.75, 3.05) is 26.2 Å². The molecule has 2 atom stereocenters.